The molecule has 1 aliphatic rings. The van der Waals surface area contributed by atoms with E-state index >= 15 is 0 Å². The number of anilines is 1. The van der Waals surface area contributed by atoms with E-state index in [2.05, 4.69) is 19.8 Å². The highest BCUT2D eigenvalue weighted by molar-refractivity contribution is 7.95. The van der Waals surface area contributed by atoms with Crippen LogP contribution in [0.3, 0.4) is 0 Å². The second kappa shape index (κ2) is 8.30. The molecule has 0 spiro atoms. The van der Waals surface area contributed by atoms with Gasteiger partial charge >= 0.3 is 0 Å². The van der Waals surface area contributed by atoms with Gasteiger partial charge in [0.05, 0.1) is 13.2 Å². The molecule has 5 rings (SSSR count). The van der Waals surface area contributed by atoms with E-state index in [9.17, 15) is 8.76 Å². The third-order valence-corrected chi connectivity index (χ3v) is 6.98. The van der Waals surface area contributed by atoms with E-state index in [4.69, 9.17) is 9.84 Å². The van der Waals surface area contributed by atoms with E-state index in [1.165, 1.54) is 13.2 Å². The first-order chi connectivity index (χ1) is 15.5. The Kier molecular flexibility index (Phi) is 5.33. The molecular formula is C22H22N6O3S. The summed E-state index contributed by atoms with van der Waals surface area (Å²) in [6.07, 6.45) is 0.677. The highest BCUT2D eigenvalue weighted by Crippen LogP contribution is 2.25. The van der Waals surface area contributed by atoms with Crippen molar-refractivity contribution >= 4 is 21.9 Å². The quantitative estimate of drug-likeness (QED) is 0.450. The Morgan fingerprint density at radius 3 is 2.75 bits per heavy atom. The van der Waals surface area contributed by atoms with Gasteiger partial charge in [0.1, 0.15) is 11.6 Å². The largest absolute Gasteiger partial charge is 0.593 e. The van der Waals surface area contributed by atoms with Crippen LogP contribution < -0.4 is 14.4 Å². The summed E-state index contributed by atoms with van der Waals surface area (Å²) in [4.78, 5) is 2.25. The zero-order valence-electron chi connectivity index (χ0n) is 17.4. The monoisotopic (exact) mass is 450 g/mol. The molecule has 164 valence electrons. The summed E-state index contributed by atoms with van der Waals surface area (Å²) < 4.78 is 35.3. The Balaban J connectivity index is 1.34. The van der Waals surface area contributed by atoms with Gasteiger partial charge in [-0.2, -0.15) is 4.52 Å². The molecule has 4 aromatic rings. The maximum atomic E-state index is 12.8. The number of methoxy groups -OCH3 is 1. The molecule has 2 atom stereocenters. The highest BCUT2D eigenvalue weighted by atomic mass is 32.3. The van der Waals surface area contributed by atoms with Crippen molar-refractivity contribution in [1.82, 2.24) is 24.5 Å². The maximum absolute atomic E-state index is 12.8. The molecule has 3 heterocycles. The van der Waals surface area contributed by atoms with Crippen LogP contribution in [-0.2, 0) is 14.6 Å². The Morgan fingerprint density at radius 1 is 1.09 bits per heavy atom. The summed E-state index contributed by atoms with van der Waals surface area (Å²) in [5.74, 6) is 1.91. The van der Waals surface area contributed by atoms with Gasteiger partial charge in [0.15, 0.2) is 26.8 Å². The average Bonchev–Trinajstić information content (AvgIpc) is 3.46. The molecule has 10 heteroatoms. The number of nitrogens with one attached hydrogen (secondary N) is 1. The van der Waals surface area contributed by atoms with E-state index in [1.54, 1.807) is 22.7 Å². The van der Waals surface area contributed by atoms with Crippen LogP contribution in [0.15, 0.2) is 71.6 Å². The van der Waals surface area contributed by atoms with Gasteiger partial charge in [0.2, 0.25) is 0 Å². The first kappa shape index (κ1) is 20.6. The van der Waals surface area contributed by atoms with Gasteiger partial charge in [0, 0.05) is 24.7 Å². The number of fused-ring (bicyclic) bond motifs is 1. The van der Waals surface area contributed by atoms with Crippen molar-refractivity contribution in [2.24, 2.45) is 0 Å². The number of sulfonamides is 1. The first-order valence-corrected chi connectivity index (χ1v) is 11.7. The smallest absolute Gasteiger partial charge is 0.185 e. The lowest BCUT2D eigenvalue weighted by molar-refractivity contribution is 0.412. The van der Waals surface area contributed by atoms with Crippen LogP contribution in [0.5, 0.6) is 5.75 Å². The lowest BCUT2D eigenvalue weighted by Gasteiger charge is -2.21. The molecule has 1 N–H and O–H groups in total. The van der Waals surface area contributed by atoms with Crippen LogP contribution in [0.1, 0.15) is 6.42 Å². The minimum Gasteiger partial charge on any atom is -0.593 e. The molecule has 9 nitrogen and oxygen atoms in total. The summed E-state index contributed by atoms with van der Waals surface area (Å²) in [5, 5.41) is 13.2. The highest BCUT2D eigenvalue weighted by Gasteiger charge is 2.31. The average molecular weight is 451 g/mol. The summed E-state index contributed by atoms with van der Waals surface area (Å²) in [7, 11) is -2.14. The number of ether oxygens (including phenoxy) is 1. The summed E-state index contributed by atoms with van der Waals surface area (Å²) in [5.41, 5.74) is 1.58. The molecule has 32 heavy (non-hydrogen) atoms. The fourth-order valence-corrected chi connectivity index (χ4v) is 5.13. The lowest BCUT2D eigenvalue weighted by Crippen LogP contribution is -2.41. The predicted octanol–water partition coefficient (Wildman–Crippen LogP) is 2.57. The minimum absolute atomic E-state index is 0.187. The van der Waals surface area contributed by atoms with Gasteiger partial charge in [-0.05, 0) is 30.7 Å². The second-order valence-electron chi connectivity index (χ2n) is 7.58. The van der Waals surface area contributed by atoms with Gasteiger partial charge in [-0.15, -0.1) is 20.0 Å². The van der Waals surface area contributed by atoms with Crippen LogP contribution in [0.25, 0.3) is 17.0 Å². The molecule has 1 aliphatic heterocycles. The third-order valence-electron chi connectivity index (χ3n) is 5.47. The van der Waals surface area contributed by atoms with Gasteiger partial charge in [-0.1, -0.05) is 40.6 Å². The first-order valence-electron chi connectivity index (χ1n) is 10.2. The molecule has 0 saturated carbocycles. The zero-order chi connectivity index (χ0) is 22.1. The van der Waals surface area contributed by atoms with E-state index < -0.39 is 10.4 Å². The van der Waals surface area contributed by atoms with Crippen molar-refractivity contribution in [2.45, 2.75) is 17.4 Å². The van der Waals surface area contributed by atoms with Crippen molar-refractivity contribution in [3.8, 4) is 17.1 Å². The molecule has 0 bridgehead atoms. The molecule has 1 fully saturated rings. The van der Waals surface area contributed by atoms with Gasteiger partial charge in [0.25, 0.3) is 0 Å². The number of rotatable bonds is 6. The normalized spacial score (nSPS) is 18.1. The van der Waals surface area contributed by atoms with Crippen LogP contribution in [0, 0.1) is 0 Å². The Labute approximate surface area is 186 Å². The molecule has 2 unspecified atom stereocenters. The Morgan fingerprint density at radius 2 is 1.94 bits per heavy atom. The van der Waals surface area contributed by atoms with Crippen molar-refractivity contribution in [1.29, 1.82) is 0 Å². The maximum Gasteiger partial charge on any atom is 0.185 e. The minimum atomic E-state index is -3.65. The van der Waals surface area contributed by atoms with Crippen molar-refractivity contribution in [2.75, 3.05) is 25.1 Å². The molecule has 2 aromatic heterocycles. The molecule has 1 saturated heterocycles. The van der Waals surface area contributed by atoms with Crippen LogP contribution in [0.2, 0.25) is 0 Å². The van der Waals surface area contributed by atoms with Crippen molar-refractivity contribution in [3.05, 3.63) is 66.7 Å². The number of hydrogen-bond acceptors (Lipinski definition) is 7. The van der Waals surface area contributed by atoms with Crippen LogP contribution in [0.4, 0.5) is 5.82 Å². The number of benzene rings is 2. The number of nitrogens with zero attached hydrogens (tertiary/aromatic N) is 5. The van der Waals surface area contributed by atoms with E-state index in [0.29, 0.717) is 36.7 Å². The Hall–Kier alpha value is -3.34. The number of aromatic nitrogens is 4. The second-order valence-corrected chi connectivity index (χ2v) is 9.30. The van der Waals surface area contributed by atoms with Crippen molar-refractivity contribution in [3.63, 3.8) is 0 Å². The van der Waals surface area contributed by atoms with Gasteiger partial charge < -0.3 is 14.2 Å². The fourth-order valence-electron chi connectivity index (χ4n) is 3.84. The third kappa shape index (κ3) is 3.95. The van der Waals surface area contributed by atoms with E-state index in [-0.39, 0.29) is 10.9 Å². The van der Waals surface area contributed by atoms with E-state index in [1.807, 2.05) is 42.5 Å². The van der Waals surface area contributed by atoms with Crippen LogP contribution >= 0.6 is 0 Å². The van der Waals surface area contributed by atoms with Gasteiger partial charge in [-0.3, -0.25) is 0 Å². The van der Waals surface area contributed by atoms with Crippen molar-refractivity contribution < 1.29 is 13.5 Å². The SMILES string of the molecule is COc1cccc([S+](=O)([O-])NC2CCN(c3ccc4nnc(-c5ccccc5)n4n3)C2)c1. The zero-order valence-corrected chi connectivity index (χ0v) is 18.2. The Bertz CT molecular complexity index is 1300. The topological polar surface area (TPSA) is 108 Å². The molecular weight excluding hydrogens is 428 g/mol. The standard InChI is InChI=1S/C22H22N6O3S/c1-31-18-8-5-9-19(14-18)32(29,30)26-17-12-13-27(15-17)21-11-10-20-23-24-22(28(20)25-21)16-6-3-2-4-7-16/h2-11,14,17H,12-13,15H2,1H3,(H-,26,29,30). The van der Waals surface area contributed by atoms with Gasteiger partial charge in [-0.25, -0.2) is 0 Å². The number of hydrogen-bond donors (Lipinski definition) is 1. The summed E-state index contributed by atoms with van der Waals surface area (Å²) >= 11 is 0. The fraction of sp³-hybridized carbons (Fsp3) is 0.227. The lowest BCUT2D eigenvalue weighted by atomic mass is 10.2. The molecule has 2 aromatic carbocycles. The van der Waals surface area contributed by atoms with Crippen LogP contribution in [-0.4, -0.2) is 50.6 Å². The molecule has 0 aliphatic carbocycles. The molecule has 0 radical (unpaired) electrons. The summed E-state index contributed by atoms with van der Waals surface area (Å²) in [6, 6.07) is 19.7. The molecule has 0 amide bonds. The predicted molar refractivity (Wildman–Crippen MR) is 120 cm³/mol. The summed E-state index contributed by atoms with van der Waals surface area (Å²) in [6.45, 7) is 1.21. The van der Waals surface area contributed by atoms with E-state index in [0.717, 1.165) is 11.4 Å².